The number of aryl methyl sites for hydroxylation is 2. The summed E-state index contributed by atoms with van der Waals surface area (Å²) in [4.78, 5) is 15.2. The summed E-state index contributed by atoms with van der Waals surface area (Å²) in [5, 5.41) is 12.5. The molecule has 1 aliphatic rings. The van der Waals surface area contributed by atoms with E-state index in [4.69, 9.17) is 0 Å². The van der Waals surface area contributed by atoms with Crippen molar-refractivity contribution in [3.63, 3.8) is 0 Å². The number of benzene rings is 2. The second-order valence-corrected chi connectivity index (χ2v) is 9.64. The number of carbonyl (C=O) groups excluding carboxylic acids is 1. The van der Waals surface area contributed by atoms with E-state index in [2.05, 4.69) is 63.0 Å². The van der Waals surface area contributed by atoms with Crippen LogP contribution in [0.5, 0.6) is 0 Å². The molecule has 0 radical (unpaired) electrons. The van der Waals surface area contributed by atoms with Crippen LogP contribution in [0.1, 0.15) is 69.2 Å². The smallest absolute Gasteiger partial charge is 0.266 e. The van der Waals surface area contributed by atoms with Crippen molar-refractivity contribution in [2.24, 2.45) is 0 Å². The number of amides is 1. The number of fused-ring (bicyclic) bond motifs is 1. The predicted octanol–water partition coefficient (Wildman–Crippen LogP) is 6.35. The van der Waals surface area contributed by atoms with Gasteiger partial charge in [0.1, 0.15) is 11.6 Å². The molecule has 2 aromatic carbocycles. The molecule has 4 nitrogen and oxygen atoms in total. The summed E-state index contributed by atoms with van der Waals surface area (Å²) < 4.78 is 0. The van der Waals surface area contributed by atoms with Crippen LogP contribution in [0.4, 0.5) is 11.4 Å². The van der Waals surface area contributed by atoms with Crippen LogP contribution in [0.3, 0.4) is 0 Å². The first-order valence-corrected chi connectivity index (χ1v) is 11.0. The highest BCUT2D eigenvalue weighted by atomic mass is 16.1. The molecule has 2 aromatic rings. The molecule has 31 heavy (non-hydrogen) atoms. The number of nitriles is 1. The number of nitrogens with one attached hydrogen (secondary N) is 1. The van der Waals surface area contributed by atoms with Crippen LogP contribution in [-0.2, 0) is 4.79 Å². The van der Waals surface area contributed by atoms with Gasteiger partial charge in [0.25, 0.3) is 5.91 Å². The molecule has 0 bridgehead atoms. The Morgan fingerprint density at radius 3 is 2.55 bits per heavy atom. The molecule has 0 saturated carbocycles. The molecule has 4 heteroatoms. The Labute approximate surface area is 186 Å². The van der Waals surface area contributed by atoms with E-state index in [1.54, 1.807) is 6.08 Å². The molecule has 0 aliphatic carbocycles. The number of nitrogens with zero attached hydrogens (tertiary/aromatic N) is 2. The maximum absolute atomic E-state index is 12.8. The van der Waals surface area contributed by atoms with E-state index in [9.17, 15) is 10.1 Å². The molecular formula is C27H33N3O. The minimum absolute atomic E-state index is 0.0849. The van der Waals surface area contributed by atoms with Crippen molar-refractivity contribution in [2.45, 2.75) is 72.4 Å². The van der Waals surface area contributed by atoms with Gasteiger partial charge in [0, 0.05) is 23.0 Å². The third kappa shape index (κ3) is 4.66. The first kappa shape index (κ1) is 22.6. The lowest BCUT2D eigenvalue weighted by atomic mass is 9.79. The molecule has 1 amide bonds. The lowest BCUT2D eigenvalue weighted by molar-refractivity contribution is -0.112. The van der Waals surface area contributed by atoms with Gasteiger partial charge in [-0.25, -0.2) is 0 Å². The van der Waals surface area contributed by atoms with Gasteiger partial charge in [-0.05, 0) is 94.8 Å². The summed E-state index contributed by atoms with van der Waals surface area (Å²) in [5.74, 6) is 0.0214. The number of hydrogen-bond donors (Lipinski definition) is 1. The van der Waals surface area contributed by atoms with Crippen molar-refractivity contribution in [1.29, 1.82) is 5.26 Å². The Morgan fingerprint density at radius 1 is 1.23 bits per heavy atom. The van der Waals surface area contributed by atoms with E-state index in [0.29, 0.717) is 12.0 Å². The molecule has 3 rings (SSSR count). The number of hydrogen-bond acceptors (Lipinski definition) is 3. The Balaban J connectivity index is 1.93. The van der Waals surface area contributed by atoms with Crippen molar-refractivity contribution < 1.29 is 4.79 Å². The minimum Gasteiger partial charge on any atom is -0.364 e. The fourth-order valence-electron chi connectivity index (χ4n) is 5.00. The fourth-order valence-corrected chi connectivity index (χ4v) is 5.00. The zero-order chi connectivity index (χ0) is 22.9. The molecule has 0 fully saturated rings. The molecule has 0 aromatic heterocycles. The van der Waals surface area contributed by atoms with Crippen LogP contribution in [0.25, 0.3) is 6.08 Å². The van der Waals surface area contributed by atoms with E-state index in [1.807, 2.05) is 38.1 Å². The normalized spacial score (nSPS) is 17.8. The van der Waals surface area contributed by atoms with Crippen molar-refractivity contribution >= 4 is 23.4 Å². The lowest BCUT2D eigenvalue weighted by Gasteiger charge is -2.50. The van der Waals surface area contributed by atoms with Gasteiger partial charge < -0.3 is 10.2 Å². The average molecular weight is 416 g/mol. The van der Waals surface area contributed by atoms with Gasteiger partial charge in [-0.3, -0.25) is 4.79 Å². The summed E-state index contributed by atoms with van der Waals surface area (Å²) in [6.45, 7) is 15.3. The zero-order valence-corrected chi connectivity index (χ0v) is 19.7. The molecule has 0 spiro atoms. The Kier molecular flexibility index (Phi) is 6.27. The second-order valence-electron chi connectivity index (χ2n) is 9.64. The molecule has 0 unspecified atom stereocenters. The maximum Gasteiger partial charge on any atom is 0.266 e. The van der Waals surface area contributed by atoms with Crippen LogP contribution in [0, 0.1) is 25.2 Å². The van der Waals surface area contributed by atoms with Gasteiger partial charge in [0.2, 0.25) is 0 Å². The topological polar surface area (TPSA) is 56.1 Å². The van der Waals surface area contributed by atoms with Crippen molar-refractivity contribution in [2.75, 3.05) is 10.2 Å². The molecule has 162 valence electrons. The second kappa shape index (κ2) is 8.59. The molecule has 0 saturated heterocycles. The molecule has 1 aliphatic heterocycles. The van der Waals surface area contributed by atoms with Crippen LogP contribution in [0.15, 0.2) is 42.0 Å². The number of carbonyl (C=O) groups is 1. The summed E-state index contributed by atoms with van der Waals surface area (Å²) in [6.07, 6.45) is 2.75. The largest absolute Gasteiger partial charge is 0.364 e. The van der Waals surface area contributed by atoms with E-state index < -0.39 is 0 Å². The maximum atomic E-state index is 12.8. The summed E-state index contributed by atoms with van der Waals surface area (Å²) in [6, 6.07) is 14.6. The molecule has 1 N–H and O–H groups in total. The zero-order valence-electron chi connectivity index (χ0n) is 19.7. The van der Waals surface area contributed by atoms with E-state index in [-0.39, 0.29) is 17.0 Å². The SMILES string of the molecule is Cc1ccc(NC(=O)/C(C#N)=C\c2ccc3c(c2)[C@@H](C)CC(C)(C)N3C(C)C)c(C)c1. The predicted molar refractivity (Wildman–Crippen MR) is 129 cm³/mol. The van der Waals surface area contributed by atoms with Gasteiger partial charge in [0.05, 0.1) is 0 Å². The third-order valence-electron chi connectivity index (χ3n) is 6.12. The highest BCUT2D eigenvalue weighted by Gasteiger charge is 2.37. The monoisotopic (exact) mass is 415 g/mol. The van der Waals surface area contributed by atoms with Crippen LogP contribution in [-0.4, -0.2) is 17.5 Å². The van der Waals surface area contributed by atoms with Crippen LogP contribution < -0.4 is 10.2 Å². The number of anilines is 2. The summed E-state index contributed by atoms with van der Waals surface area (Å²) in [5.41, 5.74) is 6.42. The van der Waals surface area contributed by atoms with Crippen LogP contribution >= 0.6 is 0 Å². The third-order valence-corrected chi connectivity index (χ3v) is 6.12. The average Bonchev–Trinajstić information content (AvgIpc) is 2.67. The Morgan fingerprint density at radius 2 is 1.94 bits per heavy atom. The first-order chi connectivity index (χ1) is 14.5. The van der Waals surface area contributed by atoms with Gasteiger partial charge in [0.15, 0.2) is 0 Å². The first-order valence-electron chi connectivity index (χ1n) is 11.0. The minimum atomic E-state index is -0.384. The van der Waals surface area contributed by atoms with Gasteiger partial charge in [-0.2, -0.15) is 5.26 Å². The van der Waals surface area contributed by atoms with Crippen molar-refractivity contribution in [3.8, 4) is 6.07 Å². The van der Waals surface area contributed by atoms with Crippen molar-refractivity contribution in [3.05, 3.63) is 64.2 Å². The van der Waals surface area contributed by atoms with Gasteiger partial charge in [-0.15, -0.1) is 0 Å². The van der Waals surface area contributed by atoms with Crippen molar-refractivity contribution in [1.82, 2.24) is 0 Å². The number of rotatable bonds is 4. The van der Waals surface area contributed by atoms with E-state index >= 15 is 0 Å². The highest BCUT2D eigenvalue weighted by Crippen LogP contribution is 2.44. The van der Waals surface area contributed by atoms with Gasteiger partial charge >= 0.3 is 0 Å². The summed E-state index contributed by atoms with van der Waals surface area (Å²) in [7, 11) is 0. The van der Waals surface area contributed by atoms with E-state index in [0.717, 1.165) is 28.8 Å². The highest BCUT2D eigenvalue weighted by molar-refractivity contribution is 6.10. The molecule has 1 atom stereocenters. The van der Waals surface area contributed by atoms with Gasteiger partial charge in [-0.1, -0.05) is 30.7 Å². The fraction of sp³-hybridized carbons (Fsp3) is 0.407. The quantitative estimate of drug-likeness (QED) is 0.467. The van der Waals surface area contributed by atoms with Crippen LogP contribution in [0.2, 0.25) is 0 Å². The van der Waals surface area contributed by atoms with E-state index in [1.165, 1.54) is 11.3 Å². The Bertz CT molecular complexity index is 1070. The lowest BCUT2D eigenvalue weighted by Crippen LogP contribution is -2.51. The molecular weight excluding hydrogens is 382 g/mol. The standard InChI is InChI=1S/C27H33N3O/c1-17(2)30-25-11-9-21(14-23(25)20(5)15-27(30,6)7)13-22(16-28)26(31)29-24-10-8-18(3)12-19(24)4/h8-14,17,20H,15H2,1-7H3,(H,29,31)/b22-13-/t20-/m0/s1. The Hall–Kier alpha value is -3.06. The molecule has 1 heterocycles. The summed E-state index contributed by atoms with van der Waals surface area (Å²) >= 11 is 0.